The quantitative estimate of drug-likeness (QED) is 0.498. The third-order valence-electron chi connectivity index (χ3n) is 3.93. The van der Waals surface area contributed by atoms with E-state index in [4.69, 9.17) is 23.8 Å². The van der Waals surface area contributed by atoms with Gasteiger partial charge in [-0.15, -0.1) is 0 Å². The lowest BCUT2D eigenvalue weighted by atomic mass is 10.2. The second-order valence-corrected chi connectivity index (χ2v) is 7.86. The fourth-order valence-electron chi connectivity index (χ4n) is 2.61. The first-order valence-corrected chi connectivity index (χ1v) is 9.64. The number of carbonyl (C=O) groups is 2. The molecule has 1 fully saturated rings. The Labute approximate surface area is 173 Å². The molecular weight excluding hydrogens is 420 g/mol. The van der Waals surface area contributed by atoms with Crippen molar-refractivity contribution in [1.82, 2.24) is 15.2 Å². The molecule has 28 heavy (non-hydrogen) atoms. The minimum absolute atomic E-state index is 0.216. The molecule has 0 aliphatic carbocycles. The summed E-state index contributed by atoms with van der Waals surface area (Å²) in [5, 5.41) is 10.7. The smallest absolute Gasteiger partial charge is 0.266 e. The first-order valence-electron chi connectivity index (χ1n) is 8.04. The Kier molecular flexibility index (Phi) is 5.12. The summed E-state index contributed by atoms with van der Waals surface area (Å²) in [4.78, 5) is 26.8. The van der Waals surface area contributed by atoms with E-state index in [0.717, 1.165) is 11.8 Å². The Morgan fingerprint density at radius 2 is 2.07 bits per heavy atom. The Balaban J connectivity index is 1.49. The molecule has 0 unspecified atom stereocenters. The summed E-state index contributed by atoms with van der Waals surface area (Å²) in [6.45, 7) is -0.216. The fourth-order valence-corrected chi connectivity index (χ4v) is 4.05. The maximum Gasteiger partial charge on any atom is 0.266 e. The molecule has 0 atom stereocenters. The van der Waals surface area contributed by atoms with Gasteiger partial charge in [0.15, 0.2) is 5.52 Å². The van der Waals surface area contributed by atoms with E-state index in [1.54, 1.807) is 42.5 Å². The van der Waals surface area contributed by atoms with Crippen LogP contribution in [0.15, 0.2) is 52.0 Å². The van der Waals surface area contributed by atoms with Gasteiger partial charge in [-0.3, -0.25) is 14.5 Å². The number of amides is 2. The minimum atomic E-state index is -0.411. The lowest BCUT2D eigenvalue weighted by Gasteiger charge is -2.14. The van der Waals surface area contributed by atoms with Gasteiger partial charge in [0, 0.05) is 5.02 Å². The van der Waals surface area contributed by atoms with E-state index in [1.165, 1.54) is 4.90 Å². The van der Waals surface area contributed by atoms with Crippen molar-refractivity contribution in [2.24, 2.45) is 0 Å². The number of hydrogen-bond donors (Lipinski definition) is 1. The van der Waals surface area contributed by atoms with Gasteiger partial charge < -0.3 is 5.32 Å². The Morgan fingerprint density at radius 3 is 2.89 bits per heavy atom. The maximum atomic E-state index is 12.7. The number of hydrogen-bond acceptors (Lipinski definition) is 7. The van der Waals surface area contributed by atoms with E-state index in [9.17, 15) is 9.59 Å². The molecular formula is C18H11ClN4O3S2. The van der Waals surface area contributed by atoms with Crippen LogP contribution in [0.5, 0.6) is 0 Å². The van der Waals surface area contributed by atoms with Gasteiger partial charge in [-0.1, -0.05) is 59.8 Å². The van der Waals surface area contributed by atoms with Crippen LogP contribution in [0.25, 0.3) is 17.1 Å². The number of benzene rings is 2. The summed E-state index contributed by atoms with van der Waals surface area (Å²) in [7, 11) is 0. The molecule has 0 saturated carbocycles. The van der Waals surface area contributed by atoms with E-state index in [2.05, 4.69) is 20.3 Å². The normalized spacial score (nSPS) is 15.6. The summed E-state index contributed by atoms with van der Waals surface area (Å²) in [6.07, 6.45) is 1.67. The van der Waals surface area contributed by atoms with Crippen molar-refractivity contribution >= 4 is 74.5 Å². The SMILES string of the molecule is O=C(CN1C(=O)/C(=C/c2ccccc2Cl)SC1=S)Nc1cccc2nonc12. The molecule has 0 spiro atoms. The molecule has 2 aromatic carbocycles. The maximum absolute atomic E-state index is 12.7. The van der Waals surface area contributed by atoms with Crippen LogP contribution in [0.1, 0.15) is 5.56 Å². The number of carbonyl (C=O) groups excluding carboxylic acids is 2. The highest BCUT2D eigenvalue weighted by molar-refractivity contribution is 8.26. The average molecular weight is 431 g/mol. The molecule has 2 amide bonds. The van der Waals surface area contributed by atoms with Crippen LogP contribution in [-0.4, -0.2) is 37.9 Å². The number of thiocarbonyl (C=S) groups is 1. The number of rotatable bonds is 4. The van der Waals surface area contributed by atoms with Crippen LogP contribution in [-0.2, 0) is 9.59 Å². The number of nitrogens with zero attached hydrogens (tertiary/aromatic N) is 3. The number of aromatic nitrogens is 2. The highest BCUT2D eigenvalue weighted by Crippen LogP contribution is 2.33. The first kappa shape index (κ1) is 18.6. The molecule has 1 aromatic heterocycles. The highest BCUT2D eigenvalue weighted by Gasteiger charge is 2.33. The Bertz CT molecular complexity index is 1140. The second kappa shape index (κ2) is 7.70. The van der Waals surface area contributed by atoms with Gasteiger partial charge in [-0.2, -0.15) is 0 Å². The van der Waals surface area contributed by atoms with Crippen molar-refractivity contribution in [1.29, 1.82) is 0 Å². The van der Waals surface area contributed by atoms with Crippen LogP contribution >= 0.6 is 35.6 Å². The zero-order valence-electron chi connectivity index (χ0n) is 14.1. The molecule has 0 bridgehead atoms. The van der Waals surface area contributed by atoms with Gasteiger partial charge in [0.05, 0.1) is 10.6 Å². The van der Waals surface area contributed by atoms with Crippen molar-refractivity contribution in [2.75, 3.05) is 11.9 Å². The summed E-state index contributed by atoms with van der Waals surface area (Å²) in [5.74, 6) is -0.753. The number of thioether (sulfide) groups is 1. The van der Waals surface area contributed by atoms with Gasteiger partial charge in [0.25, 0.3) is 5.91 Å². The predicted molar refractivity (Wildman–Crippen MR) is 112 cm³/mol. The van der Waals surface area contributed by atoms with Crippen molar-refractivity contribution < 1.29 is 14.2 Å². The lowest BCUT2D eigenvalue weighted by molar-refractivity contribution is -0.126. The Hall–Kier alpha value is -2.75. The summed E-state index contributed by atoms with van der Waals surface area (Å²) >= 11 is 12.5. The Morgan fingerprint density at radius 1 is 1.25 bits per heavy atom. The minimum Gasteiger partial charge on any atom is -0.322 e. The number of halogens is 1. The van der Waals surface area contributed by atoms with E-state index in [0.29, 0.717) is 36.5 Å². The van der Waals surface area contributed by atoms with E-state index in [-0.39, 0.29) is 12.5 Å². The van der Waals surface area contributed by atoms with E-state index < -0.39 is 5.91 Å². The average Bonchev–Trinajstić information content (AvgIpc) is 3.25. The predicted octanol–water partition coefficient (Wildman–Crippen LogP) is 3.72. The molecule has 1 N–H and O–H groups in total. The number of nitrogens with one attached hydrogen (secondary N) is 1. The number of anilines is 1. The molecule has 2 heterocycles. The lowest BCUT2D eigenvalue weighted by Crippen LogP contribution is -2.36. The van der Waals surface area contributed by atoms with Crippen molar-refractivity contribution in [2.45, 2.75) is 0 Å². The zero-order valence-corrected chi connectivity index (χ0v) is 16.5. The third-order valence-corrected chi connectivity index (χ3v) is 5.65. The molecule has 3 aromatic rings. The van der Waals surface area contributed by atoms with Crippen LogP contribution < -0.4 is 5.32 Å². The van der Waals surface area contributed by atoms with Crippen LogP contribution in [0.2, 0.25) is 5.02 Å². The van der Waals surface area contributed by atoms with Gasteiger partial charge in [-0.25, -0.2) is 4.63 Å². The van der Waals surface area contributed by atoms with Crippen LogP contribution in [0.3, 0.4) is 0 Å². The van der Waals surface area contributed by atoms with Gasteiger partial charge in [0.1, 0.15) is 16.4 Å². The molecule has 7 nitrogen and oxygen atoms in total. The monoisotopic (exact) mass is 430 g/mol. The topological polar surface area (TPSA) is 88.3 Å². The summed E-state index contributed by atoms with van der Waals surface area (Å²) in [5.41, 5.74) is 2.10. The fraction of sp³-hybridized carbons (Fsp3) is 0.0556. The molecule has 10 heteroatoms. The summed E-state index contributed by atoms with van der Waals surface area (Å²) < 4.78 is 4.98. The van der Waals surface area contributed by atoms with Gasteiger partial charge in [0.2, 0.25) is 5.91 Å². The van der Waals surface area contributed by atoms with E-state index in [1.807, 2.05) is 6.07 Å². The zero-order chi connectivity index (χ0) is 19.7. The molecule has 4 rings (SSSR count). The van der Waals surface area contributed by atoms with Gasteiger partial charge >= 0.3 is 0 Å². The molecule has 0 radical (unpaired) electrons. The van der Waals surface area contributed by atoms with Crippen molar-refractivity contribution in [3.05, 3.63) is 58.0 Å². The van der Waals surface area contributed by atoms with Gasteiger partial charge in [-0.05, 0) is 40.2 Å². The van der Waals surface area contributed by atoms with Crippen LogP contribution in [0.4, 0.5) is 5.69 Å². The second-order valence-electron chi connectivity index (χ2n) is 5.78. The largest absolute Gasteiger partial charge is 0.322 e. The molecule has 140 valence electrons. The number of fused-ring (bicyclic) bond motifs is 1. The highest BCUT2D eigenvalue weighted by atomic mass is 35.5. The summed E-state index contributed by atoms with van der Waals surface area (Å²) in [6, 6.07) is 12.3. The van der Waals surface area contributed by atoms with Crippen LogP contribution in [0, 0.1) is 0 Å². The van der Waals surface area contributed by atoms with Crippen molar-refractivity contribution in [3.63, 3.8) is 0 Å². The standard InChI is InChI=1S/C18H11ClN4O3S2/c19-11-5-2-1-4-10(11)8-14-17(25)23(18(27)28-14)9-15(24)20-12-6-3-7-13-16(12)22-26-21-13/h1-8H,9H2,(H,20,24)/b14-8-. The van der Waals surface area contributed by atoms with Crippen molar-refractivity contribution in [3.8, 4) is 0 Å². The third kappa shape index (κ3) is 3.64. The molecule has 1 aliphatic rings. The van der Waals surface area contributed by atoms with E-state index >= 15 is 0 Å². The molecule has 1 saturated heterocycles. The first-order chi connectivity index (χ1) is 13.5. The molecule has 1 aliphatic heterocycles.